The van der Waals surface area contributed by atoms with Crippen molar-refractivity contribution in [2.24, 2.45) is 5.73 Å². The van der Waals surface area contributed by atoms with Gasteiger partial charge in [-0.05, 0) is 19.0 Å². The highest BCUT2D eigenvalue weighted by Gasteiger charge is 2.20. The van der Waals surface area contributed by atoms with Crippen LogP contribution in [0.4, 0.5) is 11.5 Å². The fraction of sp³-hybridized carbons (Fsp3) is 0.538. The maximum Gasteiger partial charge on any atom is 0.252 e. The molecule has 1 aromatic heterocycles. The van der Waals surface area contributed by atoms with E-state index in [-0.39, 0.29) is 6.61 Å². The molecule has 0 radical (unpaired) electrons. The summed E-state index contributed by atoms with van der Waals surface area (Å²) in [4.78, 5) is 20.0. The van der Waals surface area contributed by atoms with E-state index in [1.165, 1.54) is 6.20 Å². The van der Waals surface area contributed by atoms with Gasteiger partial charge in [-0.3, -0.25) is 9.69 Å². The Labute approximate surface area is 118 Å². The zero-order valence-electron chi connectivity index (χ0n) is 11.5. The summed E-state index contributed by atoms with van der Waals surface area (Å²) in [5.74, 6) is 0.0776. The molecule has 1 aliphatic rings. The lowest BCUT2D eigenvalue weighted by Crippen LogP contribution is -2.33. The van der Waals surface area contributed by atoms with Gasteiger partial charge in [-0.2, -0.15) is 0 Å². The number of primary amides is 1. The second kappa shape index (κ2) is 6.53. The van der Waals surface area contributed by atoms with E-state index in [1.54, 1.807) is 6.07 Å². The first-order valence-electron chi connectivity index (χ1n) is 6.75. The molecule has 2 rings (SSSR count). The molecule has 1 aliphatic heterocycles. The molecule has 0 atom stereocenters. The third kappa shape index (κ3) is 3.37. The fourth-order valence-electron chi connectivity index (χ4n) is 2.45. The second-order valence-electron chi connectivity index (χ2n) is 4.91. The SMILES string of the molecule is NC(=O)c1cc(N)cnc1N1CCCN(CCO)CC1. The Morgan fingerprint density at radius 2 is 2.15 bits per heavy atom. The van der Waals surface area contributed by atoms with E-state index in [2.05, 4.69) is 14.8 Å². The average Bonchev–Trinajstić information content (AvgIpc) is 2.65. The van der Waals surface area contributed by atoms with Crippen LogP contribution in [0.1, 0.15) is 16.8 Å². The average molecular weight is 279 g/mol. The summed E-state index contributed by atoms with van der Waals surface area (Å²) in [6.45, 7) is 4.14. The summed E-state index contributed by atoms with van der Waals surface area (Å²) >= 11 is 0. The van der Waals surface area contributed by atoms with Crippen LogP contribution >= 0.6 is 0 Å². The number of carbonyl (C=O) groups is 1. The lowest BCUT2D eigenvalue weighted by Gasteiger charge is -2.24. The number of carbonyl (C=O) groups excluding carboxylic acids is 1. The summed E-state index contributed by atoms with van der Waals surface area (Å²) in [6.07, 6.45) is 2.49. The molecule has 0 bridgehead atoms. The van der Waals surface area contributed by atoms with Gasteiger partial charge in [0.05, 0.1) is 24.1 Å². The van der Waals surface area contributed by atoms with E-state index in [1.807, 2.05) is 0 Å². The molecule has 2 heterocycles. The minimum Gasteiger partial charge on any atom is -0.397 e. The maximum atomic E-state index is 11.5. The van der Waals surface area contributed by atoms with Crippen molar-refractivity contribution in [1.29, 1.82) is 0 Å². The number of β-amino-alcohol motifs (C(OH)–C–C–N with tert-alkyl or cyclic N) is 1. The lowest BCUT2D eigenvalue weighted by molar-refractivity contribution is 0.100. The topological polar surface area (TPSA) is 109 Å². The number of aliphatic hydroxyl groups excluding tert-OH is 1. The highest BCUT2D eigenvalue weighted by atomic mass is 16.3. The molecular weight excluding hydrogens is 258 g/mol. The molecule has 20 heavy (non-hydrogen) atoms. The van der Waals surface area contributed by atoms with Crippen LogP contribution < -0.4 is 16.4 Å². The van der Waals surface area contributed by atoms with E-state index in [0.717, 1.165) is 32.6 Å². The number of hydrogen-bond acceptors (Lipinski definition) is 6. The molecular formula is C13H21N5O2. The smallest absolute Gasteiger partial charge is 0.252 e. The lowest BCUT2D eigenvalue weighted by atomic mass is 10.2. The molecule has 5 N–H and O–H groups in total. The molecule has 1 fully saturated rings. The molecule has 1 saturated heterocycles. The predicted molar refractivity (Wildman–Crippen MR) is 77.5 cm³/mol. The van der Waals surface area contributed by atoms with Crippen molar-refractivity contribution < 1.29 is 9.90 Å². The highest BCUT2D eigenvalue weighted by molar-refractivity contribution is 5.98. The molecule has 1 amide bonds. The second-order valence-corrected chi connectivity index (χ2v) is 4.91. The van der Waals surface area contributed by atoms with E-state index < -0.39 is 5.91 Å². The molecule has 110 valence electrons. The zero-order chi connectivity index (χ0) is 14.5. The number of hydrogen-bond donors (Lipinski definition) is 3. The highest BCUT2D eigenvalue weighted by Crippen LogP contribution is 2.21. The van der Waals surface area contributed by atoms with Crippen LogP contribution in [0.25, 0.3) is 0 Å². The minimum atomic E-state index is -0.517. The van der Waals surface area contributed by atoms with Crippen LogP contribution in [0, 0.1) is 0 Å². The summed E-state index contributed by atoms with van der Waals surface area (Å²) in [5, 5.41) is 9.00. The Bertz CT molecular complexity index is 480. The van der Waals surface area contributed by atoms with Gasteiger partial charge in [-0.25, -0.2) is 4.98 Å². The largest absolute Gasteiger partial charge is 0.397 e. The Kier molecular flexibility index (Phi) is 4.75. The molecule has 0 saturated carbocycles. The summed E-state index contributed by atoms with van der Waals surface area (Å²) < 4.78 is 0. The molecule has 0 aliphatic carbocycles. The number of amides is 1. The molecule has 0 aromatic carbocycles. The van der Waals surface area contributed by atoms with Crippen LogP contribution in [0.3, 0.4) is 0 Å². The van der Waals surface area contributed by atoms with Crippen molar-refractivity contribution in [1.82, 2.24) is 9.88 Å². The van der Waals surface area contributed by atoms with Crippen molar-refractivity contribution in [3.05, 3.63) is 17.8 Å². The van der Waals surface area contributed by atoms with Crippen molar-refractivity contribution in [2.45, 2.75) is 6.42 Å². The minimum absolute atomic E-state index is 0.159. The molecule has 0 unspecified atom stereocenters. The predicted octanol–water partition coefficient (Wildman–Crippen LogP) is -0.733. The third-order valence-corrected chi connectivity index (χ3v) is 3.46. The van der Waals surface area contributed by atoms with Gasteiger partial charge < -0.3 is 21.5 Å². The first-order chi connectivity index (χ1) is 9.61. The molecule has 0 spiro atoms. The van der Waals surface area contributed by atoms with Gasteiger partial charge in [0.15, 0.2) is 0 Å². The summed E-state index contributed by atoms with van der Waals surface area (Å²) in [6, 6.07) is 1.57. The van der Waals surface area contributed by atoms with Gasteiger partial charge in [0.2, 0.25) is 0 Å². The molecule has 1 aromatic rings. The van der Waals surface area contributed by atoms with Crippen molar-refractivity contribution in [3.63, 3.8) is 0 Å². The number of anilines is 2. The maximum absolute atomic E-state index is 11.5. The van der Waals surface area contributed by atoms with Gasteiger partial charge >= 0.3 is 0 Å². The van der Waals surface area contributed by atoms with Gasteiger partial charge in [0, 0.05) is 26.2 Å². The Hall–Kier alpha value is -1.86. The van der Waals surface area contributed by atoms with Crippen molar-refractivity contribution in [3.8, 4) is 0 Å². The number of nitrogen functional groups attached to an aromatic ring is 1. The monoisotopic (exact) mass is 279 g/mol. The fourth-order valence-corrected chi connectivity index (χ4v) is 2.45. The van der Waals surface area contributed by atoms with Crippen LogP contribution in [-0.4, -0.2) is 60.2 Å². The molecule has 7 nitrogen and oxygen atoms in total. The molecule has 7 heteroatoms. The van der Waals surface area contributed by atoms with Crippen LogP contribution in [-0.2, 0) is 0 Å². The van der Waals surface area contributed by atoms with E-state index >= 15 is 0 Å². The van der Waals surface area contributed by atoms with Gasteiger partial charge in [0.25, 0.3) is 5.91 Å². The number of nitrogens with zero attached hydrogens (tertiary/aromatic N) is 3. The number of rotatable bonds is 4. The third-order valence-electron chi connectivity index (χ3n) is 3.46. The summed E-state index contributed by atoms with van der Waals surface area (Å²) in [5.41, 5.74) is 11.9. The van der Waals surface area contributed by atoms with Gasteiger partial charge in [0.1, 0.15) is 5.82 Å². The Morgan fingerprint density at radius 1 is 1.35 bits per heavy atom. The van der Waals surface area contributed by atoms with Crippen molar-refractivity contribution in [2.75, 3.05) is 50.0 Å². The quantitative estimate of drug-likeness (QED) is 0.670. The number of aliphatic hydroxyl groups is 1. The van der Waals surface area contributed by atoms with Crippen LogP contribution in [0.5, 0.6) is 0 Å². The summed E-state index contributed by atoms with van der Waals surface area (Å²) in [7, 11) is 0. The van der Waals surface area contributed by atoms with Crippen LogP contribution in [0.15, 0.2) is 12.3 Å². The van der Waals surface area contributed by atoms with Gasteiger partial charge in [-0.15, -0.1) is 0 Å². The number of nitrogens with two attached hydrogens (primary N) is 2. The van der Waals surface area contributed by atoms with Gasteiger partial charge in [-0.1, -0.05) is 0 Å². The first kappa shape index (κ1) is 14.5. The van der Waals surface area contributed by atoms with Crippen molar-refractivity contribution >= 4 is 17.4 Å². The standard InChI is InChI=1S/C13H21N5O2/c14-10-8-11(12(15)20)13(16-9-10)18-3-1-2-17(4-5-18)6-7-19/h8-9,19H,1-7,14H2,(H2,15,20). The zero-order valence-corrected chi connectivity index (χ0v) is 11.5. The van der Waals surface area contributed by atoms with E-state index in [4.69, 9.17) is 16.6 Å². The normalized spacial score (nSPS) is 16.9. The van der Waals surface area contributed by atoms with E-state index in [9.17, 15) is 4.79 Å². The Morgan fingerprint density at radius 3 is 2.85 bits per heavy atom. The number of pyridine rings is 1. The number of aromatic nitrogens is 1. The first-order valence-corrected chi connectivity index (χ1v) is 6.75. The Balaban J connectivity index is 2.17. The van der Waals surface area contributed by atoms with Crippen LogP contribution in [0.2, 0.25) is 0 Å². The van der Waals surface area contributed by atoms with E-state index in [0.29, 0.717) is 23.6 Å².